The number of methoxy groups -OCH3 is 1. The Hall–Kier alpha value is -0.790. The number of nitrogens with one attached hydrogen (secondary N) is 1. The van der Waals surface area contributed by atoms with Crippen molar-refractivity contribution in [2.45, 2.75) is 12.7 Å². The van der Waals surface area contributed by atoms with Crippen LogP contribution in [0.2, 0.25) is 0 Å². The Morgan fingerprint density at radius 2 is 2.06 bits per heavy atom. The highest BCUT2D eigenvalue weighted by atomic mass is 79.9. The van der Waals surface area contributed by atoms with Crippen LogP contribution in [0, 0.1) is 0 Å². The molecule has 0 radical (unpaired) electrons. The zero-order chi connectivity index (χ0) is 12.3. The molecule has 1 aromatic rings. The number of ether oxygens (including phenoxy) is 1. The monoisotopic (exact) mass is 299 g/mol. The maximum Gasteiger partial charge on any atom is 0.420 e. The molecule has 0 aliphatic carbocycles. The Labute approximate surface area is 98.3 Å². The minimum Gasteiger partial charge on any atom is -0.496 e. The highest BCUT2D eigenvalue weighted by Gasteiger charge is 2.35. The van der Waals surface area contributed by atoms with Gasteiger partial charge in [-0.1, -0.05) is 15.9 Å². The molecule has 0 unspecified atom stereocenters. The molecule has 3 nitrogen and oxygen atoms in total. The van der Waals surface area contributed by atoms with Crippen molar-refractivity contribution < 1.29 is 23.1 Å². The van der Waals surface area contributed by atoms with E-state index in [4.69, 9.17) is 9.94 Å². The normalized spacial score (nSPS) is 11.6. The fourth-order valence-electron chi connectivity index (χ4n) is 1.32. The summed E-state index contributed by atoms with van der Waals surface area (Å²) >= 11 is 2.97. The van der Waals surface area contributed by atoms with Crippen molar-refractivity contribution in [3.05, 3.63) is 27.7 Å². The molecular formula is C9H9BrF3NO2. The van der Waals surface area contributed by atoms with Gasteiger partial charge in [-0.25, -0.2) is 5.48 Å². The lowest BCUT2D eigenvalue weighted by Crippen LogP contribution is -2.13. The van der Waals surface area contributed by atoms with E-state index in [1.165, 1.54) is 6.07 Å². The van der Waals surface area contributed by atoms with Crippen LogP contribution >= 0.6 is 15.9 Å². The van der Waals surface area contributed by atoms with Gasteiger partial charge in [0.15, 0.2) is 0 Å². The molecule has 0 saturated carbocycles. The van der Waals surface area contributed by atoms with Crippen LogP contribution in [0.1, 0.15) is 11.1 Å². The van der Waals surface area contributed by atoms with Gasteiger partial charge < -0.3 is 9.94 Å². The molecule has 0 aliphatic rings. The van der Waals surface area contributed by atoms with Gasteiger partial charge in [-0.3, -0.25) is 0 Å². The third-order valence-corrected chi connectivity index (χ3v) is 2.37. The lowest BCUT2D eigenvalue weighted by atomic mass is 10.1. The lowest BCUT2D eigenvalue weighted by Gasteiger charge is -2.16. The van der Waals surface area contributed by atoms with Crippen LogP contribution in [0.3, 0.4) is 0 Å². The summed E-state index contributed by atoms with van der Waals surface area (Å²) in [5.41, 5.74) is 1.13. The molecule has 2 N–H and O–H groups in total. The smallest absolute Gasteiger partial charge is 0.420 e. The molecule has 1 rings (SSSR count). The van der Waals surface area contributed by atoms with Gasteiger partial charge in [-0.05, 0) is 12.1 Å². The molecule has 0 bridgehead atoms. The van der Waals surface area contributed by atoms with E-state index in [1.807, 2.05) is 0 Å². The number of benzene rings is 1. The second kappa shape index (κ2) is 5.03. The second-order valence-electron chi connectivity index (χ2n) is 2.98. The largest absolute Gasteiger partial charge is 0.496 e. The van der Waals surface area contributed by atoms with Crippen molar-refractivity contribution >= 4 is 15.9 Å². The third kappa shape index (κ3) is 2.87. The third-order valence-electron chi connectivity index (χ3n) is 1.91. The number of alkyl halides is 3. The highest BCUT2D eigenvalue weighted by molar-refractivity contribution is 9.10. The van der Waals surface area contributed by atoms with E-state index in [-0.39, 0.29) is 22.3 Å². The van der Waals surface area contributed by atoms with E-state index < -0.39 is 11.7 Å². The number of hydrogen-bond donors (Lipinski definition) is 2. The number of hydrogen-bond acceptors (Lipinski definition) is 3. The van der Waals surface area contributed by atoms with E-state index in [1.54, 1.807) is 5.48 Å². The van der Waals surface area contributed by atoms with E-state index in [0.29, 0.717) is 0 Å². The topological polar surface area (TPSA) is 41.5 Å². The van der Waals surface area contributed by atoms with Crippen molar-refractivity contribution in [2.75, 3.05) is 7.11 Å². The summed E-state index contributed by atoms with van der Waals surface area (Å²) in [6.45, 7) is -0.133. The number of hydroxylamine groups is 1. The van der Waals surface area contributed by atoms with Crippen LogP contribution in [0.4, 0.5) is 13.2 Å². The van der Waals surface area contributed by atoms with Crippen LogP contribution in [-0.2, 0) is 12.7 Å². The Balaban J connectivity index is 3.36. The summed E-state index contributed by atoms with van der Waals surface area (Å²) in [5, 5.41) is 8.52. The standard InChI is InChI=1S/C9H9BrF3NO2/c1-16-8-5(4-14-15)2-6(10)3-7(8)9(11,12)13/h2-3,14-15H,4H2,1H3. The SMILES string of the molecule is COc1c(CNO)cc(Br)cc1C(F)(F)F. The van der Waals surface area contributed by atoms with Gasteiger partial charge in [0, 0.05) is 16.6 Å². The van der Waals surface area contributed by atoms with Crippen LogP contribution in [0.25, 0.3) is 0 Å². The zero-order valence-electron chi connectivity index (χ0n) is 8.23. The summed E-state index contributed by atoms with van der Waals surface area (Å²) in [6, 6.07) is 2.37. The van der Waals surface area contributed by atoms with Gasteiger partial charge in [-0.15, -0.1) is 0 Å². The molecule has 7 heteroatoms. The first-order valence-electron chi connectivity index (χ1n) is 4.20. The van der Waals surface area contributed by atoms with Crippen LogP contribution in [-0.4, -0.2) is 12.3 Å². The second-order valence-corrected chi connectivity index (χ2v) is 3.89. The summed E-state index contributed by atoms with van der Waals surface area (Å²) in [5.74, 6) is -0.294. The van der Waals surface area contributed by atoms with E-state index in [2.05, 4.69) is 15.9 Å². The fourth-order valence-corrected chi connectivity index (χ4v) is 1.82. The van der Waals surface area contributed by atoms with Crippen LogP contribution < -0.4 is 10.2 Å². The molecule has 0 heterocycles. The molecule has 0 saturated heterocycles. The summed E-state index contributed by atoms with van der Waals surface area (Å²) < 4.78 is 42.9. The first kappa shape index (κ1) is 13.3. The van der Waals surface area contributed by atoms with Gasteiger partial charge in [0.25, 0.3) is 0 Å². The van der Waals surface area contributed by atoms with Crippen LogP contribution in [0.15, 0.2) is 16.6 Å². The molecule has 90 valence electrons. The molecule has 0 aromatic heterocycles. The van der Waals surface area contributed by atoms with Gasteiger partial charge in [0.2, 0.25) is 0 Å². The van der Waals surface area contributed by atoms with Crippen molar-refractivity contribution in [3.63, 3.8) is 0 Å². The average Bonchev–Trinajstić information content (AvgIpc) is 2.16. The maximum absolute atomic E-state index is 12.7. The number of halogens is 4. The summed E-state index contributed by atoms with van der Waals surface area (Å²) in [4.78, 5) is 0. The lowest BCUT2D eigenvalue weighted by molar-refractivity contribution is -0.138. The molecule has 0 fully saturated rings. The van der Waals surface area contributed by atoms with Crippen molar-refractivity contribution in [1.29, 1.82) is 0 Å². The maximum atomic E-state index is 12.7. The molecule has 0 aliphatic heterocycles. The van der Waals surface area contributed by atoms with Gasteiger partial charge >= 0.3 is 6.18 Å². The van der Waals surface area contributed by atoms with Gasteiger partial charge in [0.1, 0.15) is 5.75 Å². The Kier molecular flexibility index (Phi) is 4.17. The minimum absolute atomic E-state index is 0.133. The summed E-state index contributed by atoms with van der Waals surface area (Å²) in [6.07, 6.45) is -4.50. The molecule has 0 atom stereocenters. The minimum atomic E-state index is -4.50. The molecule has 16 heavy (non-hydrogen) atoms. The van der Waals surface area contributed by atoms with Crippen molar-refractivity contribution in [3.8, 4) is 5.75 Å². The fraction of sp³-hybridized carbons (Fsp3) is 0.333. The highest BCUT2D eigenvalue weighted by Crippen LogP contribution is 2.40. The quantitative estimate of drug-likeness (QED) is 0.843. The first-order valence-corrected chi connectivity index (χ1v) is 5.00. The van der Waals surface area contributed by atoms with Crippen LogP contribution in [0.5, 0.6) is 5.75 Å². The van der Waals surface area contributed by atoms with Gasteiger partial charge in [0.05, 0.1) is 12.7 Å². The van der Waals surface area contributed by atoms with E-state index in [0.717, 1.165) is 13.2 Å². The predicted molar refractivity (Wildman–Crippen MR) is 54.3 cm³/mol. The van der Waals surface area contributed by atoms with Crippen molar-refractivity contribution in [2.24, 2.45) is 0 Å². The molecular weight excluding hydrogens is 291 g/mol. The van der Waals surface area contributed by atoms with Crippen molar-refractivity contribution in [1.82, 2.24) is 5.48 Å². The first-order chi connectivity index (χ1) is 7.40. The van der Waals surface area contributed by atoms with E-state index in [9.17, 15) is 13.2 Å². The molecule has 1 aromatic carbocycles. The number of rotatable bonds is 3. The van der Waals surface area contributed by atoms with Gasteiger partial charge in [-0.2, -0.15) is 13.2 Å². The average molecular weight is 300 g/mol. The Bertz CT molecular complexity index is 382. The Morgan fingerprint density at radius 1 is 1.44 bits per heavy atom. The predicted octanol–water partition coefficient (Wildman–Crippen LogP) is 2.96. The molecule has 0 spiro atoms. The zero-order valence-corrected chi connectivity index (χ0v) is 9.82. The summed E-state index contributed by atoms with van der Waals surface area (Å²) in [7, 11) is 1.15. The Morgan fingerprint density at radius 3 is 2.50 bits per heavy atom. The molecule has 0 amide bonds. The van der Waals surface area contributed by atoms with E-state index >= 15 is 0 Å².